The number of aromatic nitrogens is 1. The number of aryl methyl sites for hydroxylation is 1. The molecule has 25 heavy (non-hydrogen) atoms. The molecule has 3 rings (SSSR count). The van der Waals surface area contributed by atoms with Crippen molar-refractivity contribution in [2.24, 2.45) is 0 Å². The SMILES string of the molecule is C[C@@H]1CCCCN1CCCNC(=O)CCn1c(=O)oc2ccccc21. The third kappa shape index (κ3) is 4.51. The molecular weight excluding hydrogens is 318 g/mol. The Balaban J connectivity index is 1.41. The molecule has 2 aromatic rings. The van der Waals surface area contributed by atoms with Crippen LogP contribution in [0, 0.1) is 0 Å². The fraction of sp³-hybridized carbons (Fsp3) is 0.579. The minimum Gasteiger partial charge on any atom is -0.408 e. The minimum absolute atomic E-state index is 0.0242. The highest BCUT2D eigenvalue weighted by atomic mass is 16.4. The largest absolute Gasteiger partial charge is 0.419 e. The molecule has 0 unspecified atom stereocenters. The number of rotatable bonds is 7. The van der Waals surface area contributed by atoms with E-state index in [0.717, 1.165) is 18.5 Å². The van der Waals surface area contributed by atoms with Crippen molar-refractivity contribution >= 4 is 17.0 Å². The van der Waals surface area contributed by atoms with Crippen LogP contribution >= 0.6 is 0 Å². The summed E-state index contributed by atoms with van der Waals surface area (Å²) >= 11 is 0. The summed E-state index contributed by atoms with van der Waals surface area (Å²) in [5, 5.41) is 2.96. The lowest BCUT2D eigenvalue weighted by molar-refractivity contribution is -0.121. The predicted octanol–water partition coefficient (Wildman–Crippen LogP) is 2.37. The molecule has 1 N–H and O–H groups in total. The van der Waals surface area contributed by atoms with Crippen molar-refractivity contribution in [3.05, 3.63) is 34.8 Å². The van der Waals surface area contributed by atoms with E-state index < -0.39 is 5.76 Å². The summed E-state index contributed by atoms with van der Waals surface area (Å²) < 4.78 is 6.70. The minimum atomic E-state index is -0.409. The second kappa shape index (κ2) is 8.34. The first-order valence-corrected chi connectivity index (χ1v) is 9.24. The highest BCUT2D eigenvalue weighted by molar-refractivity contribution is 5.76. The van der Waals surface area contributed by atoms with Crippen LogP contribution in [0.3, 0.4) is 0 Å². The van der Waals surface area contributed by atoms with Gasteiger partial charge in [-0.3, -0.25) is 9.36 Å². The number of hydrogen-bond donors (Lipinski definition) is 1. The topological polar surface area (TPSA) is 67.5 Å². The fourth-order valence-electron chi connectivity index (χ4n) is 3.53. The van der Waals surface area contributed by atoms with Gasteiger partial charge in [0.05, 0.1) is 5.52 Å². The molecule has 0 bridgehead atoms. The van der Waals surface area contributed by atoms with Gasteiger partial charge >= 0.3 is 5.76 Å². The number of likely N-dealkylation sites (tertiary alicyclic amines) is 1. The molecule has 1 atom stereocenters. The Bertz CT molecular complexity index is 765. The van der Waals surface area contributed by atoms with Gasteiger partial charge in [0.15, 0.2) is 5.58 Å². The van der Waals surface area contributed by atoms with Crippen molar-refractivity contribution in [2.45, 2.75) is 51.6 Å². The number of nitrogens with zero attached hydrogens (tertiary/aromatic N) is 2. The standard InChI is InChI=1S/C19H27N3O3/c1-15-7-4-5-12-21(15)13-6-11-20-18(23)10-14-22-16-8-2-3-9-17(16)25-19(22)24/h2-3,8-9,15H,4-7,10-14H2,1H3,(H,20,23)/t15-/m1/s1. The van der Waals surface area contributed by atoms with Gasteiger partial charge in [0.1, 0.15) is 0 Å². The van der Waals surface area contributed by atoms with Gasteiger partial charge in [0, 0.05) is 32.1 Å². The van der Waals surface area contributed by atoms with Crippen LogP contribution in [0.2, 0.25) is 0 Å². The Morgan fingerprint density at radius 3 is 2.96 bits per heavy atom. The zero-order valence-electron chi connectivity index (χ0n) is 14.9. The molecule has 1 aromatic carbocycles. The molecule has 136 valence electrons. The van der Waals surface area contributed by atoms with Crippen LogP contribution in [0.5, 0.6) is 0 Å². The molecule has 1 fully saturated rings. The summed E-state index contributed by atoms with van der Waals surface area (Å²) in [6.07, 6.45) is 5.13. The van der Waals surface area contributed by atoms with Crippen LogP contribution in [-0.2, 0) is 11.3 Å². The number of nitrogens with one attached hydrogen (secondary N) is 1. The second-order valence-electron chi connectivity index (χ2n) is 6.82. The molecule has 1 aliphatic rings. The Morgan fingerprint density at radius 2 is 2.12 bits per heavy atom. The molecule has 6 nitrogen and oxygen atoms in total. The number of carbonyl (C=O) groups is 1. The lowest BCUT2D eigenvalue weighted by atomic mass is 10.0. The van der Waals surface area contributed by atoms with E-state index >= 15 is 0 Å². The number of piperidine rings is 1. The molecule has 1 aliphatic heterocycles. The monoisotopic (exact) mass is 345 g/mol. The zero-order valence-corrected chi connectivity index (χ0v) is 14.9. The van der Waals surface area contributed by atoms with Crippen LogP contribution in [0.25, 0.3) is 11.1 Å². The number of para-hydroxylation sites is 2. The van der Waals surface area contributed by atoms with Gasteiger partial charge in [0.25, 0.3) is 0 Å². The quantitative estimate of drug-likeness (QED) is 0.782. The highest BCUT2D eigenvalue weighted by Crippen LogP contribution is 2.16. The number of fused-ring (bicyclic) bond motifs is 1. The number of oxazole rings is 1. The summed E-state index contributed by atoms with van der Waals surface area (Å²) in [6.45, 7) is 5.51. The first-order valence-electron chi connectivity index (χ1n) is 9.24. The van der Waals surface area contributed by atoms with Crippen molar-refractivity contribution in [1.82, 2.24) is 14.8 Å². The first kappa shape index (κ1) is 17.7. The van der Waals surface area contributed by atoms with Crippen LogP contribution in [0.15, 0.2) is 33.5 Å². The average molecular weight is 345 g/mol. The van der Waals surface area contributed by atoms with E-state index in [1.807, 2.05) is 18.2 Å². The van der Waals surface area contributed by atoms with Crippen LogP contribution in [-0.4, -0.2) is 41.1 Å². The molecule has 2 heterocycles. The fourth-order valence-corrected chi connectivity index (χ4v) is 3.53. The van der Waals surface area contributed by atoms with E-state index in [-0.39, 0.29) is 12.3 Å². The average Bonchev–Trinajstić information content (AvgIpc) is 2.93. The highest BCUT2D eigenvalue weighted by Gasteiger charge is 2.17. The Labute approximate surface area is 147 Å². The third-order valence-electron chi connectivity index (χ3n) is 5.02. The summed E-state index contributed by atoms with van der Waals surface area (Å²) in [4.78, 5) is 26.4. The van der Waals surface area contributed by atoms with E-state index in [4.69, 9.17) is 4.42 Å². The molecule has 1 aromatic heterocycles. The van der Waals surface area contributed by atoms with Gasteiger partial charge in [-0.25, -0.2) is 4.79 Å². The Hall–Kier alpha value is -2.08. The van der Waals surface area contributed by atoms with Gasteiger partial charge in [-0.05, 0) is 44.9 Å². The third-order valence-corrected chi connectivity index (χ3v) is 5.02. The smallest absolute Gasteiger partial charge is 0.408 e. The normalized spacial score (nSPS) is 18.5. The molecule has 0 saturated carbocycles. The number of carbonyl (C=O) groups excluding carboxylic acids is 1. The van der Waals surface area contributed by atoms with Gasteiger partial charge < -0.3 is 14.6 Å². The lowest BCUT2D eigenvalue weighted by Crippen LogP contribution is -2.39. The molecule has 1 saturated heterocycles. The molecule has 6 heteroatoms. The summed E-state index contributed by atoms with van der Waals surface area (Å²) in [7, 11) is 0. The predicted molar refractivity (Wildman–Crippen MR) is 97.6 cm³/mol. The second-order valence-corrected chi connectivity index (χ2v) is 6.82. The number of hydrogen-bond acceptors (Lipinski definition) is 4. The molecule has 0 aliphatic carbocycles. The van der Waals surface area contributed by atoms with E-state index in [0.29, 0.717) is 24.7 Å². The summed E-state index contributed by atoms with van der Waals surface area (Å²) in [5.41, 5.74) is 1.29. The maximum Gasteiger partial charge on any atom is 0.419 e. The molecule has 0 radical (unpaired) electrons. The maximum absolute atomic E-state index is 12.0. The first-order chi connectivity index (χ1) is 12.1. The maximum atomic E-state index is 12.0. The van der Waals surface area contributed by atoms with E-state index in [1.165, 1.54) is 30.4 Å². The van der Waals surface area contributed by atoms with Crippen molar-refractivity contribution in [3.63, 3.8) is 0 Å². The van der Waals surface area contributed by atoms with Gasteiger partial charge in [-0.15, -0.1) is 0 Å². The van der Waals surface area contributed by atoms with Gasteiger partial charge in [0.2, 0.25) is 5.91 Å². The lowest BCUT2D eigenvalue weighted by Gasteiger charge is -2.33. The van der Waals surface area contributed by atoms with E-state index in [1.54, 1.807) is 6.07 Å². The van der Waals surface area contributed by atoms with E-state index in [2.05, 4.69) is 17.1 Å². The van der Waals surface area contributed by atoms with Crippen molar-refractivity contribution < 1.29 is 9.21 Å². The number of amides is 1. The summed E-state index contributed by atoms with van der Waals surface area (Å²) in [6, 6.07) is 7.93. The summed E-state index contributed by atoms with van der Waals surface area (Å²) in [5.74, 6) is -0.433. The Morgan fingerprint density at radius 1 is 1.28 bits per heavy atom. The van der Waals surface area contributed by atoms with Gasteiger partial charge in [-0.1, -0.05) is 18.6 Å². The zero-order chi connectivity index (χ0) is 17.6. The number of benzene rings is 1. The van der Waals surface area contributed by atoms with Crippen LogP contribution in [0.1, 0.15) is 39.0 Å². The van der Waals surface area contributed by atoms with Crippen LogP contribution in [0.4, 0.5) is 0 Å². The van der Waals surface area contributed by atoms with Crippen LogP contribution < -0.4 is 11.1 Å². The van der Waals surface area contributed by atoms with Crippen molar-refractivity contribution in [1.29, 1.82) is 0 Å². The Kier molecular flexibility index (Phi) is 5.91. The van der Waals surface area contributed by atoms with Crippen molar-refractivity contribution in [2.75, 3.05) is 19.6 Å². The molecular formula is C19H27N3O3. The molecule has 0 spiro atoms. The van der Waals surface area contributed by atoms with Gasteiger partial charge in [-0.2, -0.15) is 0 Å². The molecule has 1 amide bonds. The van der Waals surface area contributed by atoms with E-state index in [9.17, 15) is 9.59 Å². The van der Waals surface area contributed by atoms with Crippen molar-refractivity contribution in [3.8, 4) is 0 Å².